The number of nitrogens with zero attached hydrogens (tertiary/aromatic N) is 1. The van der Waals surface area contributed by atoms with Gasteiger partial charge in [-0.15, -0.1) is 11.3 Å². The summed E-state index contributed by atoms with van der Waals surface area (Å²) in [7, 11) is 1.80. The minimum absolute atomic E-state index is 0.0359. The number of amides is 1. The quantitative estimate of drug-likeness (QED) is 0.874. The van der Waals surface area contributed by atoms with Gasteiger partial charge in [0.1, 0.15) is 4.88 Å². The lowest BCUT2D eigenvalue weighted by atomic mass is 9.82. The molecular weight excluding hydrogens is 352 g/mol. The smallest absolute Gasteiger partial charge is 0.265 e. The van der Waals surface area contributed by atoms with E-state index in [0.717, 1.165) is 27.4 Å². The Morgan fingerprint density at radius 3 is 2.90 bits per heavy atom. The van der Waals surface area contributed by atoms with Crippen LogP contribution in [-0.2, 0) is 0 Å². The molecule has 0 radical (unpaired) electrons. The molecule has 1 aromatic heterocycles. The number of fused-ring (bicyclic) bond motifs is 1. The van der Waals surface area contributed by atoms with Crippen LogP contribution < -0.4 is 5.73 Å². The van der Waals surface area contributed by atoms with Gasteiger partial charge in [0, 0.05) is 28.2 Å². The van der Waals surface area contributed by atoms with Crippen LogP contribution >= 0.6 is 27.3 Å². The average molecular weight is 369 g/mol. The Bertz CT molecular complexity index is 694. The van der Waals surface area contributed by atoms with Gasteiger partial charge in [0.05, 0.1) is 11.8 Å². The number of nitrogen functional groups attached to an aromatic ring is 1. The number of carbonyl (C=O) groups is 1. The molecule has 0 saturated heterocycles. The van der Waals surface area contributed by atoms with E-state index in [2.05, 4.69) is 15.9 Å². The van der Waals surface area contributed by atoms with E-state index in [1.54, 1.807) is 11.9 Å². The van der Waals surface area contributed by atoms with Crippen LogP contribution in [0.25, 0.3) is 10.1 Å². The maximum absolute atomic E-state index is 12.6. The molecular formula is C15H17BrN2O2S. The van der Waals surface area contributed by atoms with E-state index in [1.807, 2.05) is 18.2 Å². The molecule has 1 saturated carbocycles. The van der Waals surface area contributed by atoms with E-state index >= 15 is 0 Å². The molecule has 0 unspecified atom stereocenters. The zero-order chi connectivity index (χ0) is 15.1. The summed E-state index contributed by atoms with van der Waals surface area (Å²) in [6.45, 7) is 0.674. The van der Waals surface area contributed by atoms with Crippen molar-refractivity contribution in [1.29, 1.82) is 0 Å². The first-order valence-electron chi connectivity index (χ1n) is 6.86. The summed E-state index contributed by atoms with van der Waals surface area (Å²) >= 11 is 4.87. The third-order valence-electron chi connectivity index (χ3n) is 3.97. The molecule has 1 aliphatic carbocycles. The Kier molecular flexibility index (Phi) is 3.94. The summed E-state index contributed by atoms with van der Waals surface area (Å²) in [6, 6.07) is 5.85. The number of aliphatic hydroxyl groups excluding tert-OH is 1. The van der Waals surface area contributed by atoms with Crippen molar-refractivity contribution in [2.45, 2.75) is 18.9 Å². The number of nitrogens with two attached hydrogens (primary N) is 1. The highest BCUT2D eigenvalue weighted by Gasteiger charge is 2.30. The van der Waals surface area contributed by atoms with Gasteiger partial charge in [0.15, 0.2) is 0 Å². The van der Waals surface area contributed by atoms with Gasteiger partial charge in [0.2, 0.25) is 0 Å². The van der Waals surface area contributed by atoms with Crippen molar-refractivity contribution in [3.05, 3.63) is 27.5 Å². The van der Waals surface area contributed by atoms with Crippen molar-refractivity contribution in [1.82, 2.24) is 4.90 Å². The minimum atomic E-state index is -0.190. The standard InChI is InChI=1S/C15H17BrN2O2S/c1-18(7-8-4-10(19)5-8)15(20)14-13(17)11-3-2-9(16)6-12(11)21-14/h2-3,6,8,10,19H,4-5,7,17H2,1H3. The van der Waals surface area contributed by atoms with E-state index < -0.39 is 0 Å². The topological polar surface area (TPSA) is 66.6 Å². The Morgan fingerprint density at radius 2 is 2.24 bits per heavy atom. The van der Waals surface area contributed by atoms with Crippen LogP contribution in [0.15, 0.2) is 22.7 Å². The first kappa shape index (κ1) is 14.8. The highest BCUT2D eigenvalue weighted by molar-refractivity contribution is 9.10. The molecule has 3 N–H and O–H groups in total. The second-order valence-electron chi connectivity index (χ2n) is 5.66. The van der Waals surface area contributed by atoms with E-state index in [9.17, 15) is 9.90 Å². The fourth-order valence-corrected chi connectivity index (χ4v) is 4.41. The van der Waals surface area contributed by atoms with Crippen LogP contribution in [0.4, 0.5) is 5.69 Å². The number of thiophene rings is 1. The minimum Gasteiger partial charge on any atom is -0.397 e. The number of rotatable bonds is 3. The van der Waals surface area contributed by atoms with E-state index in [4.69, 9.17) is 5.73 Å². The number of carbonyl (C=O) groups excluding carboxylic acids is 1. The summed E-state index contributed by atoms with van der Waals surface area (Å²) in [4.78, 5) is 14.9. The van der Waals surface area contributed by atoms with Gasteiger partial charge in [-0.3, -0.25) is 4.79 Å². The molecule has 1 aromatic carbocycles. The fourth-order valence-electron chi connectivity index (χ4n) is 2.74. The number of hydrogen-bond acceptors (Lipinski definition) is 4. The highest BCUT2D eigenvalue weighted by atomic mass is 79.9. The Labute approximate surface area is 135 Å². The van der Waals surface area contributed by atoms with Crippen molar-refractivity contribution in [2.24, 2.45) is 5.92 Å². The van der Waals surface area contributed by atoms with Crippen LogP contribution in [0.1, 0.15) is 22.5 Å². The van der Waals surface area contributed by atoms with Gasteiger partial charge in [-0.05, 0) is 30.9 Å². The third-order valence-corrected chi connectivity index (χ3v) is 5.62. The van der Waals surface area contributed by atoms with Crippen molar-refractivity contribution >= 4 is 48.9 Å². The molecule has 1 aliphatic rings. The van der Waals surface area contributed by atoms with Crippen molar-refractivity contribution in [3.63, 3.8) is 0 Å². The predicted octanol–water partition coefficient (Wildman–Crippen LogP) is 3.09. The zero-order valence-corrected chi connectivity index (χ0v) is 14.1. The molecule has 1 heterocycles. The molecule has 0 aliphatic heterocycles. The summed E-state index contributed by atoms with van der Waals surface area (Å²) in [5.74, 6) is 0.366. The molecule has 112 valence electrons. The zero-order valence-electron chi connectivity index (χ0n) is 11.7. The summed E-state index contributed by atoms with van der Waals surface area (Å²) in [5.41, 5.74) is 6.70. The summed E-state index contributed by atoms with van der Waals surface area (Å²) < 4.78 is 1.99. The molecule has 0 atom stereocenters. The number of hydrogen-bond donors (Lipinski definition) is 2. The normalized spacial score (nSPS) is 21.3. The van der Waals surface area contributed by atoms with E-state index in [1.165, 1.54) is 11.3 Å². The maximum Gasteiger partial charge on any atom is 0.265 e. The van der Waals surface area contributed by atoms with Gasteiger partial charge >= 0.3 is 0 Å². The first-order chi connectivity index (χ1) is 9.95. The van der Waals surface area contributed by atoms with Crippen LogP contribution in [0.3, 0.4) is 0 Å². The van der Waals surface area contributed by atoms with Crippen molar-refractivity contribution in [3.8, 4) is 0 Å². The molecule has 2 aromatic rings. The monoisotopic (exact) mass is 368 g/mol. The van der Waals surface area contributed by atoms with Crippen molar-refractivity contribution < 1.29 is 9.90 Å². The fraction of sp³-hybridized carbons (Fsp3) is 0.400. The lowest BCUT2D eigenvalue weighted by molar-refractivity contribution is 0.0267. The van der Waals surface area contributed by atoms with Gasteiger partial charge in [-0.1, -0.05) is 22.0 Å². The lowest BCUT2D eigenvalue weighted by Gasteiger charge is -2.34. The van der Waals surface area contributed by atoms with Crippen LogP contribution in [0.2, 0.25) is 0 Å². The van der Waals surface area contributed by atoms with Gasteiger partial charge in [-0.2, -0.15) is 0 Å². The van der Waals surface area contributed by atoms with Gasteiger partial charge < -0.3 is 15.7 Å². The Hall–Kier alpha value is -1.11. The van der Waals surface area contributed by atoms with E-state index in [-0.39, 0.29) is 12.0 Å². The van der Waals surface area contributed by atoms with Crippen LogP contribution in [-0.4, -0.2) is 35.6 Å². The second kappa shape index (κ2) is 5.59. The summed E-state index contributed by atoms with van der Waals surface area (Å²) in [6.07, 6.45) is 1.38. The second-order valence-corrected chi connectivity index (χ2v) is 7.63. The highest BCUT2D eigenvalue weighted by Crippen LogP contribution is 2.36. The molecule has 0 bridgehead atoms. The lowest BCUT2D eigenvalue weighted by Crippen LogP contribution is -2.39. The number of halogens is 1. The van der Waals surface area contributed by atoms with Crippen LogP contribution in [0.5, 0.6) is 0 Å². The van der Waals surface area contributed by atoms with Gasteiger partial charge in [0.25, 0.3) is 5.91 Å². The summed E-state index contributed by atoms with van der Waals surface area (Å²) in [5, 5.41) is 10.3. The molecule has 0 spiro atoms. The number of aliphatic hydroxyl groups is 1. The molecule has 4 nitrogen and oxygen atoms in total. The third kappa shape index (κ3) is 2.80. The molecule has 21 heavy (non-hydrogen) atoms. The first-order valence-corrected chi connectivity index (χ1v) is 8.47. The van der Waals surface area contributed by atoms with E-state index in [0.29, 0.717) is 23.0 Å². The molecule has 1 fully saturated rings. The Balaban J connectivity index is 1.82. The SMILES string of the molecule is CN(CC1CC(O)C1)C(=O)c1sc2cc(Br)ccc2c1N. The molecule has 1 amide bonds. The molecule has 3 rings (SSSR count). The predicted molar refractivity (Wildman–Crippen MR) is 89.6 cm³/mol. The average Bonchev–Trinajstić information content (AvgIpc) is 2.72. The largest absolute Gasteiger partial charge is 0.397 e. The number of anilines is 1. The molecule has 6 heteroatoms. The van der Waals surface area contributed by atoms with Gasteiger partial charge in [-0.25, -0.2) is 0 Å². The van der Waals surface area contributed by atoms with Crippen LogP contribution in [0, 0.1) is 5.92 Å². The Morgan fingerprint density at radius 1 is 1.52 bits per heavy atom. The van der Waals surface area contributed by atoms with Crippen molar-refractivity contribution in [2.75, 3.05) is 19.3 Å². The number of benzene rings is 1. The maximum atomic E-state index is 12.6.